The summed E-state index contributed by atoms with van der Waals surface area (Å²) in [6, 6.07) is 5.14. The standard InChI is InChI=1S/C17H22ClN3O2S/c1-5-8-21-16(23)13-7-6-12(18)9-14(13)20-17(21)24-11(4)15(22)19-10(2)3/h6-7,9-11H,5,8H2,1-4H3,(H,19,22)/t11-/m0/s1. The Morgan fingerprint density at radius 1 is 1.38 bits per heavy atom. The molecule has 7 heteroatoms. The number of benzene rings is 1. The van der Waals surface area contributed by atoms with Crippen LogP contribution in [0.15, 0.2) is 28.2 Å². The number of thioether (sulfide) groups is 1. The van der Waals surface area contributed by atoms with Gasteiger partial charge in [0.1, 0.15) is 0 Å². The number of fused-ring (bicyclic) bond motifs is 1. The summed E-state index contributed by atoms with van der Waals surface area (Å²) in [6.45, 7) is 8.21. The van der Waals surface area contributed by atoms with E-state index in [-0.39, 0.29) is 22.8 Å². The molecule has 1 aromatic heterocycles. The minimum Gasteiger partial charge on any atom is -0.353 e. The molecule has 1 N–H and O–H groups in total. The van der Waals surface area contributed by atoms with Crippen molar-refractivity contribution in [2.75, 3.05) is 0 Å². The molecule has 0 aliphatic heterocycles. The highest BCUT2D eigenvalue weighted by molar-refractivity contribution is 8.00. The van der Waals surface area contributed by atoms with Crippen LogP contribution in [0.25, 0.3) is 10.9 Å². The van der Waals surface area contributed by atoms with Crippen LogP contribution in [0.3, 0.4) is 0 Å². The van der Waals surface area contributed by atoms with Gasteiger partial charge in [0.2, 0.25) is 5.91 Å². The second-order valence-corrected chi connectivity index (χ2v) is 7.68. The normalized spacial score (nSPS) is 12.6. The number of halogens is 1. The summed E-state index contributed by atoms with van der Waals surface area (Å²) in [6.07, 6.45) is 0.806. The van der Waals surface area contributed by atoms with Crippen molar-refractivity contribution in [2.45, 2.75) is 57.1 Å². The van der Waals surface area contributed by atoms with Crippen LogP contribution in [0.5, 0.6) is 0 Å². The molecule has 2 rings (SSSR count). The summed E-state index contributed by atoms with van der Waals surface area (Å²) >= 11 is 7.31. The first-order valence-electron chi connectivity index (χ1n) is 8.00. The number of amides is 1. The highest BCUT2D eigenvalue weighted by atomic mass is 35.5. The van der Waals surface area contributed by atoms with E-state index in [1.807, 2.05) is 27.7 Å². The smallest absolute Gasteiger partial charge is 0.262 e. The Bertz CT molecular complexity index is 804. The van der Waals surface area contributed by atoms with Crippen molar-refractivity contribution in [1.29, 1.82) is 0 Å². The Balaban J connectivity index is 2.45. The third-order valence-corrected chi connectivity index (χ3v) is 4.74. The van der Waals surface area contributed by atoms with Crippen molar-refractivity contribution >= 4 is 40.2 Å². The molecule has 1 atom stereocenters. The number of carbonyl (C=O) groups is 1. The van der Waals surface area contributed by atoms with Crippen molar-refractivity contribution in [3.8, 4) is 0 Å². The lowest BCUT2D eigenvalue weighted by molar-refractivity contribution is -0.120. The van der Waals surface area contributed by atoms with Gasteiger partial charge in [0.05, 0.1) is 16.2 Å². The van der Waals surface area contributed by atoms with E-state index < -0.39 is 0 Å². The maximum absolute atomic E-state index is 12.7. The van der Waals surface area contributed by atoms with E-state index in [9.17, 15) is 9.59 Å². The molecule has 130 valence electrons. The number of aromatic nitrogens is 2. The minimum atomic E-state index is -0.348. The van der Waals surface area contributed by atoms with Crippen molar-refractivity contribution in [1.82, 2.24) is 14.9 Å². The van der Waals surface area contributed by atoms with Crippen LogP contribution in [-0.4, -0.2) is 26.8 Å². The summed E-state index contributed by atoms with van der Waals surface area (Å²) in [5.74, 6) is -0.0708. The maximum Gasteiger partial charge on any atom is 0.262 e. The third kappa shape index (κ3) is 4.30. The SMILES string of the molecule is CCCn1c(S[C@@H](C)C(=O)NC(C)C)nc2cc(Cl)ccc2c1=O. The van der Waals surface area contributed by atoms with E-state index in [0.717, 1.165) is 6.42 Å². The summed E-state index contributed by atoms with van der Waals surface area (Å²) in [5, 5.41) is 4.15. The zero-order valence-electron chi connectivity index (χ0n) is 14.3. The second kappa shape index (κ2) is 8.03. The average molecular weight is 368 g/mol. The highest BCUT2D eigenvalue weighted by Crippen LogP contribution is 2.24. The molecule has 0 unspecified atom stereocenters. The van der Waals surface area contributed by atoms with Crippen LogP contribution in [0.4, 0.5) is 0 Å². The fourth-order valence-electron chi connectivity index (χ4n) is 2.30. The highest BCUT2D eigenvalue weighted by Gasteiger charge is 2.19. The Morgan fingerprint density at radius 3 is 2.71 bits per heavy atom. The quantitative estimate of drug-likeness (QED) is 0.627. The molecule has 0 aliphatic carbocycles. The van der Waals surface area contributed by atoms with Crippen LogP contribution in [0, 0.1) is 0 Å². The topological polar surface area (TPSA) is 64.0 Å². The fourth-order valence-corrected chi connectivity index (χ4v) is 3.41. The largest absolute Gasteiger partial charge is 0.353 e. The van der Waals surface area contributed by atoms with Crippen molar-refractivity contribution in [3.05, 3.63) is 33.6 Å². The van der Waals surface area contributed by atoms with Crippen LogP contribution < -0.4 is 10.9 Å². The summed E-state index contributed by atoms with van der Waals surface area (Å²) in [7, 11) is 0. The predicted octanol–water partition coefficient (Wildman–Crippen LogP) is 3.47. The predicted molar refractivity (Wildman–Crippen MR) is 99.9 cm³/mol. The molecular weight excluding hydrogens is 346 g/mol. The molecule has 0 saturated carbocycles. The van der Waals surface area contributed by atoms with Crippen molar-refractivity contribution < 1.29 is 4.79 Å². The van der Waals surface area contributed by atoms with Gasteiger partial charge >= 0.3 is 0 Å². The molecule has 5 nitrogen and oxygen atoms in total. The van der Waals surface area contributed by atoms with Crippen LogP contribution in [-0.2, 0) is 11.3 Å². The summed E-state index contributed by atoms with van der Waals surface area (Å²) < 4.78 is 1.64. The lowest BCUT2D eigenvalue weighted by Crippen LogP contribution is -2.36. The molecule has 0 saturated heterocycles. The number of carbonyl (C=O) groups excluding carboxylic acids is 1. The van der Waals surface area contributed by atoms with Crippen molar-refractivity contribution in [3.63, 3.8) is 0 Å². The molecule has 0 radical (unpaired) electrons. The molecule has 1 heterocycles. The first-order chi connectivity index (χ1) is 11.3. The minimum absolute atomic E-state index is 0.0708. The zero-order chi connectivity index (χ0) is 17.9. The average Bonchev–Trinajstić information content (AvgIpc) is 2.50. The molecule has 0 bridgehead atoms. The molecule has 0 aliphatic rings. The number of hydrogen-bond acceptors (Lipinski definition) is 4. The monoisotopic (exact) mass is 367 g/mol. The molecular formula is C17H22ClN3O2S. The van der Waals surface area contributed by atoms with E-state index in [2.05, 4.69) is 10.3 Å². The number of hydrogen-bond donors (Lipinski definition) is 1. The van der Waals surface area contributed by atoms with Gasteiger partial charge < -0.3 is 5.32 Å². The van der Waals surface area contributed by atoms with Gasteiger partial charge in [0.15, 0.2) is 5.16 Å². The third-order valence-electron chi connectivity index (χ3n) is 3.41. The van der Waals surface area contributed by atoms with Crippen molar-refractivity contribution in [2.24, 2.45) is 0 Å². The van der Waals surface area contributed by atoms with E-state index >= 15 is 0 Å². The van der Waals surface area contributed by atoms with Crippen LogP contribution >= 0.6 is 23.4 Å². The Labute approximate surface area is 150 Å². The second-order valence-electron chi connectivity index (χ2n) is 5.94. The molecule has 1 amide bonds. The molecule has 2 aromatic rings. The summed E-state index contributed by atoms with van der Waals surface area (Å²) in [5.41, 5.74) is 0.455. The lowest BCUT2D eigenvalue weighted by atomic mass is 10.2. The van der Waals surface area contributed by atoms with E-state index in [4.69, 9.17) is 11.6 Å². The molecule has 0 spiro atoms. The van der Waals surface area contributed by atoms with Gasteiger partial charge in [-0.1, -0.05) is 30.3 Å². The van der Waals surface area contributed by atoms with Gasteiger partial charge in [-0.05, 0) is 45.4 Å². The van der Waals surface area contributed by atoms with Gasteiger partial charge in [-0.2, -0.15) is 0 Å². The van der Waals surface area contributed by atoms with E-state index in [1.54, 1.807) is 22.8 Å². The zero-order valence-corrected chi connectivity index (χ0v) is 15.9. The Kier molecular flexibility index (Phi) is 6.29. The number of nitrogens with zero attached hydrogens (tertiary/aromatic N) is 2. The van der Waals surface area contributed by atoms with Gasteiger partial charge in [-0.25, -0.2) is 4.98 Å². The molecule has 24 heavy (non-hydrogen) atoms. The van der Waals surface area contributed by atoms with Crippen LogP contribution in [0.2, 0.25) is 5.02 Å². The van der Waals surface area contributed by atoms with E-state index in [1.165, 1.54) is 11.8 Å². The van der Waals surface area contributed by atoms with Gasteiger partial charge in [-0.15, -0.1) is 0 Å². The number of rotatable bonds is 6. The van der Waals surface area contributed by atoms with Gasteiger partial charge in [0.25, 0.3) is 5.56 Å². The Hall–Kier alpha value is -1.53. The first-order valence-corrected chi connectivity index (χ1v) is 9.26. The summed E-state index contributed by atoms with van der Waals surface area (Å²) in [4.78, 5) is 29.5. The molecule has 0 fully saturated rings. The first kappa shape index (κ1) is 18.8. The van der Waals surface area contributed by atoms with Gasteiger partial charge in [-0.3, -0.25) is 14.2 Å². The fraction of sp³-hybridized carbons (Fsp3) is 0.471. The van der Waals surface area contributed by atoms with E-state index in [0.29, 0.717) is 27.6 Å². The van der Waals surface area contributed by atoms with Gasteiger partial charge in [0, 0.05) is 17.6 Å². The number of nitrogens with one attached hydrogen (secondary N) is 1. The maximum atomic E-state index is 12.7. The lowest BCUT2D eigenvalue weighted by Gasteiger charge is -2.17. The Morgan fingerprint density at radius 2 is 2.08 bits per heavy atom. The van der Waals surface area contributed by atoms with Crippen LogP contribution in [0.1, 0.15) is 34.1 Å². The molecule has 1 aromatic carbocycles.